The first-order valence-electron chi connectivity index (χ1n) is 10.1. The quantitative estimate of drug-likeness (QED) is 0.786. The van der Waals surface area contributed by atoms with Gasteiger partial charge in [-0.15, -0.1) is 0 Å². The second-order valence-corrected chi connectivity index (χ2v) is 8.02. The van der Waals surface area contributed by atoms with Gasteiger partial charge >= 0.3 is 0 Å². The van der Waals surface area contributed by atoms with Gasteiger partial charge in [-0.1, -0.05) is 24.3 Å². The molecule has 1 amide bonds. The Morgan fingerprint density at radius 3 is 2.50 bits per heavy atom. The Hall–Kier alpha value is -2.27. The van der Waals surface area contributed by atoms with E-state index in [9.17, 15) is 9.18 Å². The number of halogens is 1. The Morgan fingerprint density at radius 2 is 1.86 bits per heavy atom. The molecule has 0 saturated heterocycles. The molecule has 28 heavy (non-hydrogen) atoms. The molecule has 1 aliphatic rings. The minimum absolute atomic E-state index is 0.102. The van der Waals surface area contributed by atoms with E-state index >= 15 is 0 Å². The molecule has 0 bridgehead atoms. The topological polar surface area (TPSA) is 45.2 Å². The highest BCUT2D eigenvalue weighted by molar-refractivity contribution is 5.78. The third kappa shape index (κ3) is 5.38. The van der Waals surface area contributed by atoms with Crippen molar-refractivity contribution in [2.24, 2.45) is 11.8 Å². The van der Waals surface area contributed by atoms with Crippen LogP contribution in [0.15, 0.2) is 48.7 Å². The maximum Gasteiger partial charge on any atom is 0.224 e. The molecule has 1 atom stereocenters. The molecule has 1 N–H and O–H groups in total. The number of carbonyl (C=O) groups is 1. The third-order valence-corrected chi connectivity index (χ3v) is 5.78. The normalized spacial score (nSPS) is 20.7. The molecular weight excluding hydrogens is 353 g/mol. The molecule has 1 aromatic carbocycles. The van der Waals surface area contributed by atoms with Crippen LogP contribution in [0, 0.1) is 17.7 Å². The fraction of sp³-hybridized carbons (Fsp3) is 0.478. The van der Waals surface area contributed by atoms with Crippen LogP contribution in [-0.4, -0.2) is 36.4 Å². The van der Waals surface area contributed by atoms with Gasteiger partial charge in [-0.2, -0.15) is 0 Å². The summed E-state index contributed by atoms with van der Waals surface area (Å²) in [4.78, 5) is 19.0. The summed E-state index contributed by atoms with van der Waals surface area (Å²) in [6.07, 6.45) is 6.43. The molecule has 2 aromatic rings. The van der Waals surface area contributed by atoms with Crippen molar-refractivity contribution in [1.29, 1.82) is 0 Å². The summed E-state index contributed by atoms with van der Waals surface area (Å²) < 4.78 is 13.7. The van der Waals surface area contributed by atoms with Crippen LogP contribution >= 0.6 is 0 Å². The molecule has 1 aliphatic carbocycles. The standard InChI is InChI=1S/C23H30FN3O/c1-27(2)23(21-9-5-6-14-25-21)18-12-10-17(11-13-18)16-26-22(28)15-19-7-3-4-8-20(19)24/h3-9,14,17-18,23H,10-13,15-16H2,1-2H3,(H,26,28). The zero-order chi connectivity index (χ0) is 19.9. The lowest BCUT2D eigenvalue weighted by molar-refractivity contribution is -0.120. The summed E-state index contributed by atoms with van der Waals surface area (Å²) in [7, 11) is 4.24. The number of rotatable bonds is 7. The molecule has 4 nitrogen and oxygen atoms in total. The van der Waals surface area contributed by atoms with Crippen LogP contribution < -0.4 is 5.32 Å². The smallest absolute Gasteiger partial charge is 0.224 e. The number of hydrogen-bond donors (Lipinski definition) is 1. The van der Waals surface area contributed by atoms with E-state index in [1.54, 1.807) is 18.2 Å². The largest absolute Gasteiger partial charge is 0.356 e. The van der Waals surface area contributed by atoms with Crippen LogP contribution in [0.5, 0.6) is 0 Å². The van der Waals surface area contributed by atoms with E-state index in [1.165, 1.54) is 6.07 Å². The number of pyridine rings is 1. The summed E-state index contributed by atoms with van der Waals surface area (Å²) in [6.45, 7) is 0.677. The minimum Gasteiger partial charge on any atom is -0.356 e. The summed E-state index contributed by atoms with van der Waals surface area (Å²) in [5.41, 5.74) is 1.59. The summed E-state index contributed by atoms with van der Waals surface area (Å²) in [5.74, 6) is 0.650. The first kappa shape index (κ1) is 20.5. The lowest BCUT2D eigenvalue weighted by Gasteiger charge is -2.37. The van der Waals surface area contributed by atoms with Crippen LogP contribution in [-0.2, 0) is 11.2 Å². The fourth-order valence-electron chi connectivity index (χ4n) is 4.32. The summed E-state index contributed by atoms with van der Waals surface area (Å²) in [6, 6.07) is 12.9. The highest BCUT2D eigenvalue weighted by Crippen LogP contribution is 2.38. The van der Waals surface area contributed by atoms with Gasteiger partial charge in [0.1, 0.15) is 5.82 Å². The zero-order valence-corrected chi connectivity index (χ0v) is 16.8. The molecule has 0 radical (unpaired) electrons. The number of carbonyl (C=O) groups excluding carboxylic acids is 1. The molecule has 5 heteroatoms. The van der Waals surface area contributed by atoms with Gasteiger partial charge in [-0.3, -0.25) is 9.78 Å². The predicted octanol–water partition coefficient (Wildman–Crippen LogP) is 3.99. The van der Waals surface area contributed by atoms with E-state index in [4.69, 9.17) is 0 Å². The monoisotopic (exact) mass is 383 g/mol. The Kier molecular flexibility index (Phi) is 7.15. The van der Waals surface area contributed by atoms with Crippen LogP contribution in [0.3, 0.4) is 0 Å². The van der Waals surface area contributed by atoms with Crippen molar-refractivity contribution in [3.05, 3.63) is 65.7 Å². The number of nitrogens with one attached hydrogen (secondary N) is 1. The van der Waals surface area contributed by atoms with Crippen LogP contribution in [0.4, 0.5) is 4.39 Å². The van der Waals surface area contributed by atoms with E-state index in [-0.39, 0.29) is 18.1 Å². The molecule has 0 spiro atoms. The fourth-order valence-corrected chi connectivity index (χ4v) is 4.32. The highest BCUT2D eigenvalue weighted by atomic mass is 19.1. The molecule has 1 unspecified atom stereocenters. The van der Waals surface area contributed by atoms with Crippen LogP contribution in [0.25, 0.3) is 0 Å². The molecule has 1 saturated carbocycles. The molecule has 0 aliphatic heterocycles. The van der Waals surface area contributed by atoms with Crippen molar-refractivity contribution in [2.75, 3.05) is 20.6 Å². The predicted molar refractivity (Wildman–Crippen MR) is 109 cm³/mol. The number of benzene rings is 1. The van der Waals surface area contributed by atoms with Crippen molar-refractivity contribution in [2.45, 2.75) is 38.1 Å². The first-order chi connectivity index (χ1) is 13.5. The van der Waals surface area contributed by atoms with E-state index in [0.717, 1.165) is 31.4 Å². The summed E-state index contributed by atoms with van der Waals surface area (Å²) >= 11 is 0. The second-order valence-electron chi connectivity index (χ2n) is 8.02. The Balaban J connectivity index is 1.47. The van der Waals surface area contributed by atoms with Crippen molar-refractivity contribution in [3.63, 3.8) is 0 Å². The number of nitrogens with zero attached hydrogens (tertiary/aromatic N) is 2. The molecule has 1 aromatic heterocycles. The first-order valence-corrected chi connectivity index (χ1v) is 10.1. The van der Waals surface area contributed by atoms with Gasteiger partial charge in [0.25, 0.3) is 0 Å². The van der Waals surface area contributed by atoms with Crippen LogP contribution in [0.2, 0.25) is 0 Å². The van der Waals surface area contributed by atoms with Gasteiger partial charge < -0.3 is 10.2 Å². The maximum absolute atomic E-state index is 13.7. The SMILES string of the molecule is CN(C)C(c1ccccn1)C1CCC(CNC(=O)Cc2ccccc2F)CC1. The average Bonchev–Trinajstić information content (AvgIpc) is 2.70. The van der Waals surface area contributed by atoms with E-state index in [1.807, 2.05) is 12.3 Å². The van der Waals surface area contributed by atoms with E-state index in [0.29, 0.717) is 30.0 Å². The Morgan fingerprint density at radius 1 is 1.14 bits per heavy atom. The summed E-state index contributed by atoms with van der Waals surface area (Å²) in [5, 5.41) is 3.00. The maximum atomic E-state index is 13.7. The van der Waals surface area contributed by atoms with E-state index in [2.05, 4.69) is 41.4 Å². The number of amides is 1. The lowest BCUT2D eigenvalue weighted by Crippen LogP contribution is -2.35. The Bertz CT molecular complexity index is 757. The van der Waals surface area contributed by atoms with Crippen molar-refractivity contribution in [1.82, 2.24) is 15.2 Å². The van der Waals surface area contributed by atoms with Gasteiger partial charge in [0.15, 0.2) is 0 Å². The van der Waals surface area contributed by atoms with Gasteiger partial charge in [-0.05, 0) is 75.4 Å². The lowest BCUT2D eigenvalue weighted by atomic mass is 9.77. The molecule has 1 heterocycles. The molecule has 3 rings (SSSR count). The van der Waals surface area contributed by atoms with Gasteiger partial charge in [0.05, 0.1) is 18.2 Å². The van der Waals surface area contributed by atoms with Crippen LogP contribution in [0.1, 0.15) is 43.0 Å². The third-order valence-electron chi connectivity index (χ3n) is 5.78. The second kappa shape index (κ2) is 9.78. The number of aromatic nitrogens is 1. The highest BCUT2D eigenvalue weighted by Gasteiger charge is 2.30. The molecule has 150 valence electrons. The van der Waals surface area contributed by atoms with Crippen molar-refractivity contribution in [3.8, 4) is 0 Å². The zero-order valence-electron chi connectivity index (χ0n) is 16.8. The van der Waals surface area contributed by atoms with Gasteiger partial charge in [0, 0.05) is 12.7 Å². The molecule has 1 fully saturated rings. The Labute approximate surface area is 167 Å². The number of hydrogen-bond acceptors (Lipinski definition) is 3. The average molecular weight is 384 g/mol. The molecular formula is C23H30FN3O. The van der Waals surface area contributed by atoms with Crippen molar-refractivity contribution < 1.29 is 9.18 Å². The van der Waals surface area contributed by atoms with Gasteiger partial charge in [0.2, 0.25) is 5.91 Å². The minimum atomic E-state index is -0.317. The van der Waals surface area contributed by atoms with E-state index < -0.39 is 0 Å². The van der Waals surface area contributed by atoms with Crippen molar-refractivity contribution >= 4 is 5.91 Å². The van der Waals surface area contributed by atoms with Gasteiger partial charge in [-0.25, -0.2) is 4.39 Å².